The van der Waals surface area contributed by atoms with Crippen LogP contribution in [0, 0.1) is 0 Å². The maximum Gasteiger partial charge on any atom is 0.0995 e. The third kappa shape index (κ3) is 3.09. The summed E-state index contributed by atoms with van der Waals surface area (Å²) in [7, 11) is 2.39. The molecule has 0 spiro atoms. The Morgan fingerprint density at radius 3 is 2.56 bits per heavy atom. The van der Waals surface area contributed by atoms with E-state index in [1.165, 1.54) is 0 Å². The van der Waals surface area contributed by atoms with E-state index >= 15 is 0 Å². The molecular formula is C12H13N2OP. The molecular weight excluding hydrogens is 219 g/mol. The molecule has 0 saturated heterocycles. The fourth-order valence-corrected chi connectivity index (χ4v) is 1.53. The van der Waals surface area contributed by atoms with Crippen LogP contribution in [0.4, 0.5) is 5.69 Å². The Balaban J connectivity index is 2.05. The molecule has 2 rings (SSSR count). The molecule has 16 heavy (non-hydrogen) atoms. The van der Waals surface area contributed by atoms with Crippen LogP contribution in [0.2, 0.25) is 0 Å². The van der Waals surface area contributed by atoms with Crippen molar-refractivity contribution in [3.63, 3.8) is 0 Å². The summed E-state index contributed by atoms with van der Waals surface area (Å²) in [5.74, 6) is 0. The maximum atomic E-state index is 9.64. The molecule has 4 heteroatoms. The predicted octanol–water partition coefficient (Wildman–Crippen LogP) is 3.18. The number of benzene rings is 1. The van der Waals surface area contributed by atoms with Crippen molar-refractivity contribution in [1.82, 2.24) is 0 Å². The molecule has 0 radical (unpaired) electrons. The first kappa shape index (κ1) is 11.2. The van der Waals surface area contributed by atoms with Crippen LogP contribution in [0.15, 0.2) is 64.5 Å². The Morgan fingerprint density at radius 1 is 1.19 bits per heavy atom. The van der Waals surface area contributed by atoms with Gasteiger partial charge >= 0.3 is 0 Å². The highest BCUT2D eigenvalue weighted by molar-refractivity contribution is 7.18. The minimum atomic E-state index is -0.828. The smallest absolute Gasteiger partial charge is 0.0995 e. The van der Waals surface area contributed by atoms with Gasteiger partial charge in [-0.1, -0.05) is 33.5 Å². The van der Waals surface area contributed by atoms with Gasteiger partial charge < -0.3 is 5.11 Å². The SMILES string of the molecule is OC1(P)C=CC(N=Nc2ccccc2)=CC1. The summed E-state index contributed by atoms with van der Waals surface area (Å²) >= 11 is 0. The van der Waals surface area contributed by atoms with Gasteiger partial charge in [0.05, 0.1) is 16.7 Å². The van der Waals surface area contributed by atoms with E-state index in [2.05, 4.69) is 19.5 Å². The Bertz CT molecular complexity index is 449. The summed E-state index contributed by atoms with van der Waals surface area (Å²) in [5.41, 5.74) is 1.60. The van der Waals surface area contributed by atoms with Crippen molar-refractivity contribution in [1.29, 1.82) is 0 Å². The van der Waals surface area contributed by atoms with Gasteiger partial charge in [-0.2, -0.15) is 10.2 Å². The van der Waals surface area contributed by atoms with Crippen LogP contribution in [-0.4, -0.2) is 10.4 Å². The first-order valence-electron chi connectivity index (χ1n) is 5.03. The van der Waals surface area contributed by atoms with Gasteiger partial charge in [-0.05, 0) is 24.3 Å². The van der Waals surface area contributed by atoms with Crippen LogP contribution in [0.1, 0.15) is 6.42 Å². The van der Waals surface area contributed by atoms with E-state index in [1.54, 1.807) is 12.2 Å². The molecule has 1 aromatic rings. The average Bonchev–Trinajstić information content (AvgIpc) is 2.29. The van der Waals surface area contributed by atoms with Crippen molar-refractivity contribution < 1.29 is 5.11 Å². The van der Waals surface area contributed by atoms with Crippen molar-refractivity contribution >= 4 is 14.9 Å². The minimum absolute atomic E-state index is 0.539. The number of hydrogen-bond donors (Lipinski definition) is 1. The average molecular weight is 232 g/mol. The maximum absolute atomic E-state index is 9.64. The monoisotopic (exact) mass is 232 g/mol. The van der Waals surface area contributed by atoms with Gasteiger partial charge in [0.25, 0.3) is 0 Å². The van der Waals surface area contributed by atoms with Crippen molar-refractivity contribution in [2.24, 2.45) is 10.2 Å². The van der Waals surface area contributed by atoms with E-state index in [-0.39, 0.29) is 0 Å². The molecule has 1 aromatic carbocycles. The zero-order valence-electron chi connectivity index (χ0n) is 8.74. The molecule has 82 valence electrons. The van der Waals surface area contributed by atoms with Gasteiger partial charge in [0.2, 0.25) is 0 Å². The van der Waals surface area contributed by atoms with Crippen molar-refractivity contribution in [3.8, 4) is 0 Å². The second kappa shape index (κ2) is 4.69. The lowest BCUT2D eigenvalue weighted by atomic mass is 10.1. The van der Waals surface area contributed by atoms with Gasteiger partial charge in [-0.25, -0.2) is 0 Å². The van der Waals surface area contributed by atoms with E-state index in [1.807, 2.05) is 36.4 Å². The predicted molar refractivity (Wildman–Crippen MR) is 67.5 cm³/mol. The molecule has 2 unspecified atom stereocenters. The van der Waals surface area contributed by atoms with Gasteiger partial charge in [0, 0.05) is 6.42 Å². The topological polar surface area (TPSA) is 45.0 Å². The molecule has 0 amide bonds. The number of rotatable bonds is 2. The highest BCUT2D eigenvalue weighted by Crippen LogP contribution is 2.27. The van der Waals surface area contributed by atoms with Crippen molar-refractivity contribution in [3.05, 3.63) is 54.3 Å². The van der Waals surface area contributed by atoms with E-state index < -0.39 is 5.34 Å². The van der Waals surface area contributed by atoms with Crippen LogP contribution >= 0.6 is 9.24 Å². The number of aliphatic hydroxyl groups is 1. The lowest BCUT2D eigenvalue weighted by Gasteiger charge is -2.19. The summed E-state index contributed by atoms with van der Waals surface area (Å²) in [6.45, 7) is 0. The van der Waals surface area contributed by atoms with Gasteiger partial charge in [0.1, 0.15) is 0 Å². The third-order valence-electron chi connectivity index (χ3n) is 2.22. The molecule has 0 saturated carbocycles. The Labute approximate surface area is 96.8 Å². The zero-order valence-corrected chi connectivity index (χ0v) is 9.90. The normalized spacial score (nSPS) is 24.8. The van der Waals surface area contributed by atoms with Crippen LogP contribution in [0.3, 0.4) is 0 Å². The summed E-state index contributed by atoms with van der Waals surface area (Å²) in [5, 5.41) is 17.0. The Morgan fingerprint density at radius 2 is 1.94 bits per heavy atom. The summed E-state index contributed by atoms with van der Waals surface area (Å²) in [6.07, 6.45) is 5.87. The van der Waals surface area contributed by atoms with Gasteiger partial charge in [-0.15, -0.1) is 0 Å². The Kier molecular flexibility index (Phi) is 3.28. The number of azo groups is 1. The molecule has 1 N–H and O–H groups in total. The molecule has 0 fully saturated rings. The second-order valence-corrected chi connectivity index (χ2v) is 4.69. The summed E-state index contributed by atoms with van der Waals surface area (Å²) in [6, 6.07) is 9.56. The molecule has 1 aliphatic rings. The molecule has 0 aliphatic heterocycles. The molecule has 2 atom stereocenters. The largest absolute Gasteiger partial charge is 0.382 e. The molecule has 1 aliphatic carbocycles. The fourth-order valence-electron chi connectivity index (χ4n) is 1.32. The molecule has 0 bridgehead atoms. The van der Waals surface area contributed by atoms with E-state index in [0.29, 0.717) is 6.42 Å². The third-order valence-corrected chi connectivity index (χ3v) is 2.65. The first-order valence-corrected chi connectivity index (χ1v) is 5.61. The second-order valence-electron chi connectivity index (χ2n) is 3.69. The minimum Gasteiger partial charge on any atom is -0.382 e. The van der Waals surface area contributed by atoms with E-state index in [9.17, 15) is 5.11 Å². The van der Waals surface area contributed by atoms with Crippen LogP contribution in [0.25, 0.3) is 0 Å². The Hall–Kier alpha value is -1.31. The first-order chi connectivity index (χ1) is 7.66. The number of allylic oxidation sites excluding steroid dienone is 1. The lowest BCUT2D eigenvalue weighted by Crippen LogP contribution is -2.16. The highest BCUT2D eigenvalue weighted by Gasteiger charge is 2.17. The quantitative estimate of drug-likeness (QED) is 0.617. The molecule has 0 heterocycles. The van der Waals surface area contributed by atoms with E-state index in [4.69, 9.17) is 0 Å². The van der Waals surface area contributed by atoms with Gasteiger partial charge in [-0.3, -0.25) is 0 Å². The van der Waals surface area contributed by atoms with Crippen molar-refractivity contribution in [2.75, 3.05) is 0 Å². The van der Waals surface area contributed by atoms with Crippen LogP contribution < -0.4 is 0 Å². The fraction of sp³-hybridized carbons (Fsp3) is 0.167. The summed E-state index contributed by atoms with van der Waals surface area (Å²) in [4.78, 5) is 0. The standard InChI is InChI=1S/C12H13N2OP/c15-12(16)8-6-11(7-9-12)14-13-10-4-2-1-3-5-10/h1-8,15H,9,16H2. The van der Waals surface area contributed by atoms with Crippen LogP contribution in [0.5, 0.6) is 0 Å². The molecule has 0 aromatic heterocycles. The van der Waals surface area contributed by atoms with Crippen molar-refractivity contribution in [2.45, 2.75) is 11.8 Å². The lowest BCUT2D eigenvalue weighted by molar-refractivity contribution is 0.188. The zero-order chi connectivity index (χ0) is 11.4. The number of hydrogen-bond acceptors (Lipinski definition) is 3. The molecule has 3 nitrogen and oxygen atoms in total. The highest BCUT2D eigenvalue weighted by atomic mass is 31.0. The van der Waals surface area contributed by atoms with Crippen LogP contribution in [-0.2, 0) is 0 Å². The number of nitrogens with zero attached hydrogens (tertiary/aromatic N) is 2. The van der Waals surface area contributed by atoms with Gasteiger partial charge in [0.15, 0.2) is 0 Å². The summed E-state index contributed by atoms with van der Waals surface area (Å²) < 4.78 is 0. The van der Waals surface area contributed by atoms with E-state index in [0.717, 1.165) is 11.4 Å².